The minimum Gasteiger partial charge on any atom is -0.389 e. The van der Waals surface area contributed by atoms with E-state index in [1.165, 1.54) is 5.39 Å². The lowest BCUT2D eigenvalue weighted by Crippen LogP contribution is -2.49. The highest BCUT2D eigenvalue weighted by atomic mass is 16.3. The molecule has 0 amide bonds. The van der Waals surface area contributed by atoms with Crippen molar-refractivity contribution in [3.8, 4) is 11.8 Å². The van der Waals surface area contributed by atoms with Crippen LogP contribution >= 0.6 is 0 Å². The molecule has 6 heteroatoms. The molecular weight excluding hydrogens is 460 g/mol. The normalized spacial score (nSPS) is 38.6. The fraction of sp³-hybridized carbons (Fsp3) is 0.516. The van der Waals surface area contributed by atoms with Crippen molar-refractivity contribution in [3.05, 3.63) is 60.3 Å². The van der Waals surface area contributed by atoms with Crippen LogP contribution in [0.4, 0.5) is 0 Å². The first-order valence-corrected chi connectivity index (χ1v) is 13.6. The number of H-pyrrole nitrogens is 1. The van der Waals surface area contributed by atoms with Crippen molar-refractivity contribution in [1.82, 2.24) is 10.3 Å². The smallest absolute Gasteiger partial charge is 0.189 e. The van der Waals surface area contributed by atoms with Crippen LogP contribution in [0.5, 0.6) is 0 Å². The quantitative estimate of drug-likeness (QED) is 0.191. The van der Waals surface area contributed by atoms with Gasteiger partial charge in [0.25, 0.3) is 0 Å². The highest BCUT2D eigenvalue weighted by Gasteiger charge is 2.62. The molecule has 0 spiro atoms. The first-order chi connectivity index (χ1) is 17.7. The monoisotopic (exact) mass is 498 g/mol. The van der Waals surface area contributed by atoms with Gasteiger partial charge in [0, 0.05) is 42.9 Å². The van der Waals surface area contributed by atoms with Crippen LogP contribution in [0.3, 0.4) is 0 Å². The van der Waals surface area contributed by atoms with E-state index in [1.54, 1.807) is 7.05 Å². The molecule has 6 N–H and O–H groups in total. The predicted octanol–water partition coefficient (Wildman–Crippen LogP) is 3.81. The largest absolute Gasteiger partial charge is 0.389 e. The lowest BCUT2D eigenvalue weighted by atomic mass is 9.61. The van der Waals surface area contributed by atoms with Crippen LogP contribution in [-0.4, -0.2) is 45.4 Å². The Morgan fingerprint density at radius 2 is 2.05 bits per heavy atom. The van der Waals surface area contributed by atoms with E-state index >= 15 is 0 Å². The van der Waals surface area contributed by atoms with Crippen molar-refractivity contribution in [2.24, 2.45) is 33.9 Å². The van der Waals surface area contributed by atoms with Crippen LogP contribution in [0.2, 0.25) is 0 Å². The van der Waals surface area contributed by atoms with Gasteiger partial charge in [0.1, 0.15) is 0 Å². The summed E-state index contributed by atoms with van der Waals surface area (Å²) in [5, 5.41) is 28.6. The lowest BCUT2D eigenvalue weighted by Gasteiger charge is -2.44. The van der Waals surface area contributed by atoms with Crippen LogP contribution in [0, 0.1) is 35.0 Å². The zero-order chi connectivity index (χ0) is 25.8. The van der Waals surface area contributed by atoms with Gasteiger partial charge in [-0.3, -0.25) is 4.99 Å². The van der Waals surface area contributed by atoms with Crippen molar-refractivity contribution in [3.63, 3.8) is 0 Å². The molecule has 0 saturated heterocycles. The van der Waals surface area contributed by atoms with E-state index in [4.69, 9.17) is 12.3 Å². The molecule has 2 aromatic rings. The molecule has 194 valence electrons. The second kappa shape index (κ2) is 8.79. The van der Waals surface area contributed by atoms with E-state index in [0.717, 1.165) is 29.6 Å². The number of guanidine groups is 1. The molecule has 4 aliphatic rings. The number of aliphatic imine (C=N–C) groups is 1. The van der Waals surface area contributed by atoms with Gasteiger partial charge in [-0.15, -0.1) is 5.92 Å². The third kappa shape index (κ3) is 4.00. The number of para-hydroxylation sites is 1. The van der Waals surface area contributed by atoms with Gasteiger partial charge in [-0.25, -0.2) is 0 Å². The standard InChI is InChI=1S/C31H38N4O2/c1-20(15-24-16-21-7-3-4-10-27(21)34-24)29-12-6-9-23(35-28(32)33-2)18-31(37)14-11-25(26(31)19-29)30(36)13-5-8-22(29)17-30/h3-5,7-8,10,16,22-23,25-26,34,36-37H,1,11-15,17-19H2,2H3,(H3,32,33,35). The molecule has 7 atom stereocenters. The maximum Gasteiger partial charge on any atom is 0.189 e. The Labute approximate surface area is 219 Å². The van der Waals surface area contributed by atoms with Crippen LogP contribution in [0.15, 0.2) is 59.6 Å². The van der Waals surface area contributed by atoms with Crippen molar-refractivity contribution < 1.29 is 10.2 Å². The van der Waals surface area contributed by atoms with Crippen molar-refractivity contribution in [2.75, 3.05) is 7.05 Å². The van der Waals surface area contributed by atoms with Gasteiger partial charge in [0.2, 0.25) is 0 Å². The highest BCUT2D eigenvalue weighted by molar-refractivity contribution is 5.80. The molecule has 0 radical (unpaired) electrons. The molecule has 0 aliphatic heterocycles. The Balaban J connectivity index is 1.44. The lowest BCUT2D eigenvalue weighted by molar-refractivity contribution is -0.0763. The number of aromatic amines is 1. The summed E-state index contributed by atoms with van der Waals surface area (Å²) < 4.78 is 0. The Hall–Kier alpha value is -3.01. The van der Waals surface area contributed by atoms with Crippen molar-refractivity contribution in [1.29, 1.82) is 0 Å². The second-order valence-corrected chi connectivity index (χ2v) is 11.9. The number of nitrogens with zero attached hydrogens (tertiary/aromatic N) is 1. The topological polar surface area (TPSA) is 107 Å². The molecule has 1 aromatic heterocycles. The molecular formula is C31H38N4O2. The van der Waals surface area contributed by atoms with Crippen molar-refractivity contribution >= 4 is 16.9 Å². The number of nitrogens with two attached hydrogens (primary N) is 1. The Morgan fingerprint density at radius 1 is 1.22 bits per heavy atom. The van der Waals surface area contributed by atoms with Gasteiger partial charge in [0.15, 0.2) is 5.96 Å². The van der Waals surface area contributed by atoms with E-state index in [-0.39, 0.29) is 29.2 Å². The Bertz CT molecular complexity index is 1310. The maximum atomic E-state index is 12.2. The number of fused-ring (bicyclic) bond motifs is 6. The third-order valence-corrected chi connectivity index (χ3v) is 9.96. The van der Waals surface area contributed by atoms with Gasteiger partial charge >= 0.3 is 0 Å². The van der Waals surface area contributed by atoms with Crippen molar-refractivity contribution in [2.45, 2.75) is 68.6 Å². The van der Waals surface area contributed by atoms with Crippen LogP contribution < -0.4 is 11.1 Å². The number of rotatable bonds is 4. The van der Waals surface area contributed by atoms with Gasteiger partial charge in [-0.05, 0) is 67.4 Å². The summed E-state index contributed by atoms with van der Waals surface area (Å²) in [6.45, 7) is 4.70. The molecule has 4 aliphatic carbocycles. The molecule has 37 heavy (non-hydrogen) atoms. The molecule has 1 aromatic carbocycles. The first kappa shape index (κ1) is 24.3. The minimum absolute atomic E-state index is 0.0450. The van der Waals surface area contributed by atoms with Gasteiger partial charge < -0.3 is 26.2 Å². The summed E-state index contributed by atoms with van der Waals surface area (Å²) in [6.07, 6.45) is 9.89. The van der Waals surface area contributed by atoms with E-state index in [0.29, 0.717) is 44.5 Å². The van der Waals surface area contributed by atoms with Gasteiger partial charge in [-0.2, -0.15) is 0 Å². The van der Waals surface area contributed by atoms with E-state index in [9.17, 15) is 10.2 Å². The number of aromatic nitrogens is 1. The van der Waals surface area contributed by atoms with E-state index < -0.39 is 11.2 Å². The average Bonchev–Trinajstić information content (AvgIpc) is 3.41. The minimum atomic E-state index is -0.935. The van der Waals surface area contributed by atoms with Crippen LogP contribution in [0.1, 0.15) is 50.6 Å². The molecule has 6 nitrogen and oxygen atoms in total. The number of benzene rings is 1. The summed E-state index contributed by atoms with van der Waals surface area (Å²) in [4.78, 5) is 7.63. The summed E-state index contributed by atoms with van der Waals surface area (Å²) in [7, 11) is 1.65. The first-order valence-electron chi connectivity index (χ1n) is 13.6. The summed E-state index contributed by atoms with van der Waals surface area (Å²) in [6, 6.07) is 10.2. The van der Waals surface area contributed by atoms with Crippen LogP contribution in [0.25, 0.3) is 10.9 Å². The molecule has 2 fully saturated rings. The molecule has 7 unspecified atom stereocenters. The van der Waals surface area contributed by atoms with Gasteiger partial charge in [0.05, 0.1) is 17.2 Å². The number of hydrogen-bond acceptors (Lipinski definition) is 3. The zero-order valence-corrected chi connectivity index (χ0v) is 21.6. The van der Waals surface area contributed by atoms with Crippen LogP contribution in [-0.2, 0) is 6.42 Å². The predicted molar refractivity (Wildman–Crippen MR) is 148 cm³/mol. The fourth-order valence-corrected chi connectivity index (χ4v) is 8.03. The molecule has 2 saturated carbocycles. The number of allylic oxidation sites excluding steroid dienone is 2. The summed E-state index contributed by atoms with van der Waals surface area (Å²) in [5.74, 6) is 7.34. The molecule has 6 rings (SSSR count). The Morgan fingerprint density at radius 3 is 2.86 bits per heavy atom. The third-order valence-electron chi connectivity index (χ3n) is 9.96. The highest BCUT2D eigenvalue weighted by Crippen LogP contribution is 2.63. The fourth-order valence-electron chi connectivity index (χ4n) is 8.03. The molecule has 4 bridgehead atoms. The zero-order valence-electron chi connectivity index (χ0n) is 21.6. The molecule has 1 heterocycles. The number of hydrogen-bond donors (Lipinski definition) is 5. The second-order valence-electron chi connectivity index (χ2n) is 11.9. The average molecular weight is 499 g/mol. The SMILES string of the molecule is C=C(Cc1cc2ccccc2[nH]1)C12CC#CC(NC(N)=NC)CC3(O)CCC(C3C1)C1(O)CC=CC2C1. The number of nitrogens with one attached hydrogen (secondary N) is 2. The summed E-state index contributed by atoms with van der Waals surface area (Å²) >= 11 is 0. The van der Waals surface area contributed by atoms with E-state index in [2.05, 4.69) is 63.6 Å². The Kier molecular flexibility index (Phi) is 5.78. The number of aliphatic hydroxyl groups is 2. The van der Waals surface area contributed by atoms with E-state index in [1.807, 2.05) is 6.07 Å². The maximum absolute atomic E-state index is 12.2. The van der Waals surface area contributed by atoms with Gasteiger partial charge in [-0.1, -0.05) is 48.4 Å². The summed E-state index contributed by atoms with van der Waals surface area (Å²) in [5.41, 5.74) is 7.32.